The lowest BCUT2D eigenvalue weighted by Gasteiger charge is -2.26. The fraction of sp³-hybridized carbons (Fsp3) is 0.688. The van der Waals surface area contributed by atoms with Crippen LogP contribution in [0.2, 0.25) is 0 Å². The van der Waals surface area contributed by atoms with Crippen molar-refractivity contribution in [3.63, 3.8) is 0 Å². The van der Waals surface area contributed by atoms with Crippen LogP contribution >= 0.6 is 0 Å². The minimum Gasteiger partial charge on any atom is -0.449 e. The zero-order chi connectivity index (χ0) is 16.3. The highest BCUT2D eigenvalue weighted by Crippen LogP contribution is 2.46. The summed E-state index contributed by atoms with van der Waals surface area (Å²) in [5.41, 5.74) is 0.374. The van der Waals surface area contributed by atoms with Crippen molar-refractivity contribution in [1.29, 1.82) is 0 Å². The number of carbonyl (C=O) groups excluding carboxylic acids is 2. The molecule has 0 radical (unpaired) electrons. The molecule has 1 aliphatic rings. The summed E-state index contributed by atoms with van der Waals surface area (Å²) in [7, 11) is 1.91. The zero-order valence-electron chi connectivity index (χ0n) is 13.8. The summed E-state index contributed by atoms with van der Waals surface area (Å²) >= 11 is 0. The minimum absolute atomic E-state index is 0.0591. The first-order valence-electron chi connectivity index (χ1n) is 7.90. The fourth-order valence-corrected chi connectivity index (χ4v) is 2.98. The van der Waals surface area contributed by atoms with Crippen molar-refractivity contribution >= 4 is 12.0 Å². The van der Waals surface area contributed by atoms with Gasteiger partial charge < -0.3 is 9.30 Å². The van der Waals surface area contributed by atoms with Gasteiger partial charge in [-0.05, 0) is 12.8 Å². The van der Waals surface area contributed by atoms with E-state index in [2.05, 4.69) is 4.98 Å². The van der Waals surface area contributed by atoms with Crippen molar-refractivity contribution in [1.82, 2.24) is 14.5 Å². The topological polar surface area (TPSA) is 64.4 Å². The van der Waals surface area contributed by atoms with Crippen LogP contribution in [0.4, 0.5) is 4.79 Å². The number of nitrogens with zero attached hydrogens (tertiary/aromatic N) is 3. The summed E-state index contributed by atoms with van der Waals surface area (Å²) in [5.74, 6) is -0.209. The largest absolute Gasteiger partial charge is 0.449 e. The Hall–Kier alpha value is -1.85. The van der Waals surface area contributed by atoms with Crippen molar-refractivity contribution in [3.8, 4) is 0 Å². The molecule has 1 saturated heterocycles. The molecule has 6 nitrogen and oxygen atoms in total. The maximum atomic E-state index is 12.7. The molecule has 0 bridgehead atoms. The predicted molar refractivity (Wildman–Crippen MR) is 82.3 cm³/mol. The number of aromatic nitrogens is 2. The molecule has 0 N–H and O–H groups in total. The Labute approximate surface area is 131 Å². The van der Waals surface area contributed by atoms with Gasteiger partial charge in [-0.1, -0.05) is 27.2 Å². The van der Waals surface area contributed by atoms with Gasteiger partial charge in [0.2, 0.25) is 5.91 Å². The maximum Gasteiger partial charge on any atom is 0.416 e. The average molecular weight is 307 g/mol. The van der Waals surface area contributed by atoms with E-state index in [1.54, 1.807) is 12.5 Å². The number of hydrogen-bond donors (Lipinski definition) is 0. The molecule has 122 valence electrons. The van der Waals surface area contributed by atoms with Crippen molar-refractivity contribution in [3.05, 3.63) is 18.2 Å². The molecular weight excluding hydrogens is 282 g/mol. The highest BCUT2D eigenvalue weighted by Gasteiger charge is 2.53. The van der Waals surface area contributed by atoms with E-state index in [-0.39, 0.29) is 11.8 Å². The maximum absolute atomic E-state index is 12.7. The Morgan fingerprint density at radius 2 is 2.23 bits per heavy atom. The van der Waals surface area contributed by atoms with Gasteiger partial charge in [-0.25, -0.2) is 14.7 Å². The van der Waals surface area contributed by atoms with Gasteiger partial charge in [0.05, 0.1) is 18.3 Å². The minimum atomic E-state index is -0.600. The van der Waals surface area contributed by atoms with Crippen LogP contribution in [0.1, 0.15) is 51.6 Å². The van der Waals surface area contributed by atoms with E-state index < -0.39 is 11.5 Å². The molecule has 1 aromatic rings. The molecule has 0 unspecified atom stereocenters. The van der Waals surface area contributed by atoms with Crippen LogP contribution in [-0.4, -0.2) is 39.6 Å². The van der Waals surface area contributed by atoms with Crippen molar-refractivity contribution in [2.24, 2.45) is 12.5 Å². The van der Waals surface area contributed by atoms with Crippen LogP contribution < -0.4 is 0 Å². The molecule has 1 aromatic heterocycles. The van der Waals surface area contributed by atoms with E-state index in [0.717, 1.165) is 18.5 Å². The summed E-state index contributed by atoms with van der Waals surface area (Å²) in [6.45, 7) is 6.65. The lowest BCUT2D eigenvalue weighted by Crippen LogP contribution is -2.37. The number of aryl methyl sites for hydroxylation is 1. The summed E-state index contributed by atoms with van der Waals surface area (Å²) < 4.78 is 7.13. The third-order valence-electron chi connectivity index (χ3n) is 4.76. The molecule has 1 aliphatic heterocycles. The summed E-state index contributed by atoms with van der Waals surface area (Å²) in [5, 5.41) is 0. The first-order chi connectivity index (χ1) is 10.5. The molecule has 2 atom stereocenters. The van der Waals surface area contributed by atoms with Crippen LogP contribution in [-0.2, 0) is 16.6 Å². The molecule has 0 aliphatic carbocycles. The highest BCUT2D eigenvalue weighted by molar-refractivity contribution is 5.98. The summed E-state index contributed by atoms with van der Waals surface area (Å²) in [6, 6.07) is 0. The second-order valence-electron chi connectivity index (χ2n) is 6.14. The number of rotatable bonds is 5. The standard InChI is InChI=1S/C16H25N3O3/c1-5-7-8-22-15(21)19-10-12(13-9-17-11-18(13)4)16(3,6-2)14(19)20/h9,11-12H,5-8,10H2,1-4H3/t12-,16-/m1/s1. The smallest absolute Gasteiger partial charge is 0.416 e. The van der Waals surface area contributed by atoms with E-state index in [1.165, 1.54) is 4.90 Å². The zero-order valence-corrected chi connectivity index (χ0v) is 13.8. The molecule has 0 aromatic carbocycles. The SMILES string of the molecule is CCCCOC(=O)N1C[C@H](c2cncn2C)[C@@](C)(CC)C1=O. The van der Waals surface area contributed by atoms with Gasteiger partial charge in [0.15, 0.2) is 0 Å². The lowest BCUT2D eigenvalue weighted by molar-refractivity contribution is -0.134. The Bertz CT molecular complexity index is 555. The third kappa shape index (κ3) is 2.74. The number of amides is 2. The van der Waals surface area contributed by atoms with Crippen LogP contribution in [0.5, 0.6) is 0 Å². The monoisotopic (exact) mass is 307 g/mol. The molecule has 22 heavy (non-hydrogen) atoms. The van der Waals surface area contributed by atoms with Crippen LogP contribution in [0.3, 0.4) is 0 Å². The van der Waals surface area contributed by atoms with Gasteiger partial charge in [0.1, 0.15) is 0 Å². The number of hydrogen-bond acceptors (Lipinski definition) is 4. The van der Waals surface area contributed by atoms with E-state index in [9.17, 15) is 9.59 Å². The highest BCUT2D eigenvalue weighted by atomic mass is 16.6. The number of unbranched alkanes of at least 4 members (excludes halogenated alkanes) is 1. The van der Waals surface area contributed by atoms with Gasteiger partial charge in [-0.3, -0.25) is 4.79 Å². The average Bonchev–Trinajstić information content (AvgIpc) is 3.02. The van der Waals surface area contributed by atoms with Crippen LogP contribution in [0.25, 0.3) is 0 Å². The third-order valence-corrected chi connectivity index (χ3v) is 4.76. The summed E-state index contributed by atoms with van der Waals surface area (Å²) in [6.07, 6.45) is 5.40. The molecular formula is C16H25N3O3. The first kappa shape index (κ1) is 16.5. The summed E-state index contributed by atoms with van der Waals surface area (Å²) in [4.78, 5) is 30.3. The molecule has 6 heteroatoms. The van der Waals surface area contributed by atoms with E-state index in [1.807, 2.05) is 32.4 Å². The Morgan fingerprint density at radius 3 is 2.77 bits per heavy atom. The van der Waals surface area contributed by atoms with E-state index in [4.69, 9.17) is 4.74 Å². The fourth-order valence-electron chi connectivity index (χ4n) is 2.98. The van der Waals surface area contributed by atoms with Gasteiger partial charge in [-0.15, -0.1) is 0 Å². The normalized spacial score (nSPS) is 24.8. The van der Waals surface area contributed by atoms with Gasteiger partial charge in [-0.2, -0.15) is 0 Å². The molecule has 0 spiro atoms. The van der Waals surface area contributed by atoms with Crippen LogP contribution in [0, 0.1) is 5.41 Å². The number of likely N-dealkylation sites (tertiary alicyclic amines) is 1. The number of imidazole rings is 1. The second kappa shape index (κ2) is 6.50. The second-order valence-corrected chi connectivity index (χ2v) is 6.14. The van der Waals surface area contributed by atoms with Gasteiger partial charge >= 0.3 is 6.09 Å². The van der Waals surface area contributed by atoms with Crippen LogP contribution in [0.15, 0.2) is 12.5 Å². The van der Waals surface area contributed by atoms with Gasteiger partial charge in [0, 0.05) is 31.4 Å². The van der Waals surface area contributed by atoms with E-state index in [0.29, 0.717) is 19.6 Å². The number of carbonyl (C=O) groups is 2. The van der Waals surface area contributed by atoms with E-state index >= 15 is 0 Å². The Kier molecular flexibility index (Phi) is 4.88. The Morgan fingerprint density at radius 1 is 1.50 bits per heavy atom. The Balaban J connectivity index is 2.21. The van der Waals surface area contributed by atoms with Crippen molar-refractivity contribution in [2.75, 3.05) is 13.2 Å². The molecule has 2 amide bonds. The first-order valence-corrected chi connectivity index (χ1v) is 7.90. The molecule has 2 rings (SSSR count). The lowest BCUT2D eigenvalue weighted by atomic mass is 9.75. The molecule has 0 saturated carbocycles. The molecule has 2 heterocycles. The van der Waals surface area contributed by atoms with Crippen molar-refractivity contribution < 1.29 is 14.3 Å². The predicted octanol–water partition coefficient (Wildman–Crippen LogP) is 2.70. The number of imide groups is 1. The van der Waals surface area contributed by atoms with Crippen molar-refractivity contribution in [2.45, 2.75) is 46.0 Å². The quantitative estimate of drug-likeness (QED) is 0.785. The van der Waals surface area contributed by atoms with Gasteiger partial charge in [0.25, 0.3) is 0 Å². The molecule has 1 fully saturated rings. The number of ether oxygens (including phenoxy) is 1.